The molecule has 0 radical (unpaired) electrons. The largest absolute Gasteiger partial charge is 0.511 e. The number of aliphatic hydroxyl groups excluding tert-OH is 1. The van der Waals surface area contributed by atoms with E-state index in [0.29, 0.717) is 24.1 Å². The van der Waals surface area contributed by atoms with Crippen LogP contribution in [0.4, 0.5) is 5.69 Å². The molecule has 1 unspecified atom stereocenters. The summed E-state index contributed by atoms with van der Waals surface area (Å²) in [4.78, 5) is 16.3. The molecule has 0 aromatic heterocycles. The molecule has 0 bridgehead atoms. The highest BCUT2D eigenvalue weighted by atomic mass is 16.3. The standard InChI is InChI=1S/C15H17NO2/c1-10-8-13(17)15(14(18)9-10)11(2)16-12-6-4-3-5-7-12/h3-7,10,17H,8-9H2,1-2H3/b16-11+. The van der Waals surface area contributed by atoms with Gasteiger partial charge < -0.3 is 5.11 Å². The van der Waals surface area contributed by atoms with Crippen molar-refractivity contribution in [3.63, 3.8) is 0 Å². The van der Waals surface area contributed by atoms with Crippen molar-refractivity contribution >= 4 is 17.2 Å². The normalized spacial score (nSPS) is 21.3. The molecule has 0 fully saturated rings. The predicted octanol–water partition coefficient (Wildman–Crippen LogP) is 3.59. The lowest BCUT2D eigenvalue weighted by atomic mass is 9.86. The number of hydrogen-bond donors (Lipinski definition) is 1. The summed E-state index contributed by atoms with van der Waals surface area (Å²) in [6.45, 7) is 3.74. The molecule has 0 saturated carbocycles. The minimum Gasteiger partial charge on any atom is -0.511 e. The Morgan fingerprint density at radius 3 is 2.56 bits per heavy atom. The number of benzene rings is 1. The SMILES string of the molecule is C/C(=N\c1ccccc1)C1=C(O)CC(C)CC1=O. The summed E-state index contributed by atoms with van der Waals surface area (Å²) in [7, 11) is 0. The summed E-state index contributed by atoms with van der Waals surface area (Å²) in [6, 6.07) is 9.45. The molecule has 0 aliphatic heterocycles. The molecule has 3 nitrogen and oxygen atoms in total. The summed E-state index contributed by atoms with van der Waals surface area (Å²) in [6.07, 6.45) is 1.05. The molecular formula is C15H17NO2. The number of nitrogens with zero attached hydrogens (tertiary/aromatic N) is 1. The first-order chi connectivity index (χ1) is 8.58. The van der Waals surface area contributed by atoms with Gasteiger partial charge in [-0.2, -0.15) is 0 Å². The Balaban J connectivity index is 2.34. The summed E-state index contributed by atoms with van der Waals surface area (Å²) >= 11 is 0. The Bertz CT molecular complexity index is 515. The minimum absolute atomic E-state index is 0.0107. The van der Waals surface area contributed by atoms with Gasteiger partial charge in [0.05, 0.1) is 17.0 Å². The maximum atomic E-state index is 11.9. The molecule has 0 amide bonds. The maximum absolute atomic E-state index is 11.9. The van der Waals surface area contributed by atoms with Gasteiger partial charge in [0, 0.05) is 12.8 Å². The Morgan fingerprint density at radius 1 is 1.28 bits per heavy atom. The molecule has 0 heterocycles. The van der Waals surface area contributed by atoms with E-state index in [1.54, 1.807) is 6.92 Å². The van der Waals surface area contributed by atoms with Crippen LogP contribution in [-0.2, 0) is 4.79 Å². The lowest BCUT2D eigenvalue weighted by Gasteiger charge is -2.20. The molecule has 1 aliphatic carbocycles. The number of hydrogen-bond acceptors (Lipinski definition) is 3. The quantitative estimate of drug-likeness (QED) is 0.807. The van der Waals surface area contributed by atoms with E-state index in [9.17, 15) is 9.90 Å². The van der Waals surface area contributed by atoms with E-state index in [0.717, 1.165) is 5.69 Å². The maximum Gasteiger partial charge on any atom is 0.168 e. The van der Waals surface area contributed by atoms with Crippen molar-refractivity contribution in [2.75, 3.05) is 0 Å². The van der Waals surface area contributed by atoms with E-state index in [1.807, 2.05) is 37.3 Å². The molecule has 0 saturated heterocycles. The smallest absolute Gasteiger partial charge is 0.168 e. The molecule has 1 N–H and O–H groups in total. The highest BCUT2D eigenvalue weighted by Crippen LogP contribution is 2.26. The Morgan fingerprint density at radius 2 is 1.94 bits per heavy atom. The van der Waals surface area contributed by atoms with Gasteiger partial charge in [0.15, 0.2) is 5.78 Å². The second-order valence-electron chi connectivity index (χ2n) is 4.79. The third kappa shape index (κ3) is 2.67. The number of aliphatic imine (C=N–C) groups is 1. The molecule has 18 heavy (non-hydrogen) atoms. The van der Waals surface area contributed by atoms with E-state index in [-0.39, 0.29) is 17.5 Å². The van der Waals surface area contributed by atoms with Gasteiger partial charge in [-0.05, 0) is 25.0 Å². The molecule has 0 spiro atoms. The lowest BCUT2D eigenvalue weighted by molar-refractivity contribution is -0.116. The zero-order valence-electron chi connectivity index (χ0n) is 10.7. The molecule has 94 valence electrons. The number of aliphatic hydroxyl groups is 1. The predicted molar refractivity (Wildman–Crippen MR) is 72.3 cm³/mol. The van der Waals surface area contributed by atoms with Crippen LogP contribution >= 0.6 is 0 Å². The minimum atomic E-state index is -0.0107. The Labute approximate surface area is 107 Å². The van der Waals surface area contributed by atoms with Gasteiger partial charge >= 0.3 is 0 Å². The third-order valence-electron chi connectivity index (χ3n) is 3.06. The van der Waals surface area contributed by atoms with Crippen LogP contribution in [0.25, 0.3) is 0 Å². The van der Waals surface area contributed by atoms with Crippen LogP contribution in [0, 0.1) is 5.92 Å². The van der Waals surface area contributed by atoms with Crippen molar-refractivity contribution in [3.8, 4) is 0 Å². The van der Waals surface area contributed by atoms with Crippen LogP contribution in [0.15, 0.2) is 46.7 Å². The fraction of sp³-hybridized carbons (Fsp3) is 0.333. The van der Waals surface area contributed by atoms with Crippen molar-refractivity contribution in [1.82, 2.24) is 0 Å². The molecular weight excluding hydrogens is 226 g/mol. The molecule has 1 atom stereocenters. The first kappa shape index (κ1) is 12.6. The third-order valence-corrected chi connectivity index (χ3v) is 3.06. The molecule has 1 aliphatic rings. The van der Waals surface area contributed by atoms with Gasteiger partial charge in [0.25, 0.3) is 0 Å². The number of carbonyl (C=O) groups excluding carboxylic acids is 1. The fourth-order valence-electron chi connectivity index (χ4n) is 2.25. The number of ketones is 1. The van der Waals surface area contributed by atoms with Gasteiger partial charge in [-0.15, -0.1) is 0 Å². The molecule has 1 aromatic carbocycles. The number of allylic oxidation sites excluding steroid dienone is 2. The number of Topliss-reactive ketones (excluding diaryl/α,β-unsaturated/α-hetero) is 1. The zero-order chi connectivity index (χ0) is 13.1. The van der Waals surface area contributed by atoms with E-state index in [4.69, 9.17) is 0 Å². The van der Waals surface area contributed by atoms with Crippen molar-refractivity contribution in [3.05, 3.63) is 41.7 Å². The highest BCUT2D eigenvalue weighted by molar-refractivity contribution is 6.22. The summed E-state index contributed by atoms with van der Waals surface area (Å²) in [5.74, 6) is 0.380. The van der Waals surface area contributed by atoms with Crippen molar-refractivity contribution in [2.24, 2.45) is 10.9 Å². The van der Waals surface area contributed by atoms with Gasteiger partial charge in [0.1, 0.15) is 5.76 Å². The second kappa shape index (κ2) is 5.17. The summed E-state index contributed by atoms with van der Waals surface area (Å²) in [5.41, 5.74) is 1.79. The van der Waals surface area contributed by atoms with Crippen molar-refractivity contribution in [2.45, 2.75) is 26.7 Å². The Kier molecular flexibility index (Phi) is 3.60. The summed E-state index contributed by atoms with van der Waals surface area (Å²) < 4.78 is 0. The second-order valence-corrected chi connectivity index (χ2v) is 4.79. The Hall–Kier alpha value is -1.90. The molecule has 2 rings (SSSR count). The van der Waals surface area contributed by atoms with Crippen LogP contribution < -0.4 is 0 Å². The van der Waals surface area contributed by atoms with Gasteiger partial charge in [0.2, 0.25) is 0 Å². The van der Waals surface area contributed by atoms with Gasteiger partial charge in [-0.3, -0.25) is 9.79 Å². The van der Waals surface area contributed by atoms with Crippen LogP contribution in [0.5, 0.6) is 0 Å². The lowest BCUT2D eigenvalue weighted by Crippen LogP contribution is -2.21. The van der Waals surface area contributed by atoms with Gasteiger partial charge in [-0.1, -0.05) is 25.1 Å². The average molecular weight is 243 g/mol. The van der Waals surface area contributed by atoms with E-state index in [1.165, 1.54) is 0 Å². The highest BCUT2D eigenvalue weighted by Gasteiger charge is 2.26. The average Bonchev–Trinajstić information content (AvgIpc) is 2.28. The van der Waals surface area contributed by atoms with E-state index in [2.05, 4.69) is 4.99 Å². The summed E-state index contributed by atoms with van der Waals surface area (Å²) in [5, 5.41) is 9.94. The number of para-hydroxylation sites is 1. The molecule has 3 heteroatoms. The molecule has 1 aromatic rings. The first-order valence-corrected chi connectivity index (χ1v) is 6.14. The van der Waals surface area contributed by atoms with Crippen molar-refractivity contribution < 1.29 is 9.90 Å². The van der Waals surface area contributed by atoms with Crippen LogP contribution in [0.3, 0.4) is 0 Å². The topological polar surface area (TPSA) is 49.7 Å². The van der Waals surface area contributed by atoms with Crippen LogP contribution in [0.1, 0.15) is 26.7 Å². The van der Waals surface area contributed by atoms with E-state index < -0.39 is 0 Å². The van der Waals surface area contributed by atoms with Crippen LogP contribution in [0.2, 0.25) is 0 Å². The first-order valence-electron chi connectivity index (χ1n) is 6.14. The number of rotatable bonds is 2. The fourth-order valence-corrected chi connectivity index (χ4v) is 2.25. The monoisotopic (exact) mass is 243 g/mol. The van der Waals surface area contributed by atoms with Crippen molar-refractivity contribution in [1.29, 1.82) is 0 Å². The van der Waals surface area contributed by atoms with Crippen LogP contribution in [-0.4, -0.2) is 16.6 Å². The van der Waals surface area contributed by atoms with E-state index >= 15 is 0 Å². The zero-order valence-corrected chi connectivity index (χ0v) is 10.7. The van der Waals surface area contributed by atoms with Gasteiger partial charge in [-0.25, -0.2) is 0 Å². The number of carbonyl (C=O) groups is 1.